The minimum Gasteiger partial charge on any atom is -0.406 e. The number of aromatic nitrogens is 2. The van der Waals surface area contributed by atoms with Crippen LogP contribution < -0.4 is 10.6 Å². The van der Waals surface area contributed by atoms with Crippen molar-refractivity contribution in [2.75, 3.05) is 11.9 Å². The summed E-state index contributed by atoms with van der Waals surface area (Å²) in [5.74, 6) is 0.615. The lowest BCUT2D eigenvalue weighted by Gasteiger charge is -2.07. The van der Waals surface area contributed by atoms with Gasteiger partial charge in [-0.05, 0) is 25.5 Å². The van der Waals surface area contributed by atoms with E-state index < -0.39 is 0 Å². The van der Waals surface area contributed by atoms with Gasteiger partial charge in [0.2, 0.25) is 5.89 Å². The first-order chi connectivity index (χ1) is 9.29. The van der Waals surface area contributed by atoms with Gasteiger partial charge in [0.05, 0.1) is 6.04 Å². The van der Waals surface area contributed by atoms with Crippen molar-refractivity contribution in [1.82, 2.24) is 15.5 Å². The molecule has 0 saturated heterocycles. The third kappa shape index (κ3) is 4.06. The van der Waals surface area contributed by atoms with Crippen molar-refractivity contribution in [2.45, 2.75) is 32.9 Å². The van der Waals surface area contributed by atoms with Gasteiger partial charge in [0.15, 0.2) is 0 Å². The second-order valence-corrected chi connectivity index (χ2v) is 4.46. The molecule has 1 aromatic carbocycles. The first-order valence-electron chi connectivity index (χ1n) is 6.64. The van der Waals surface area contributed by atoms with Crippen molar-refractivity contribution >= 4 is 6.01 Å². The molecule has 2 rings (SSSR count). The summed E-state index contributed by atoms with van der Waals surface area (Å²) < 4.78 is 5.57. The molecule has 1 atom stereocenters. The van der Waals surface area contributed by atoms with Crippen LogP contribution in [0.5, 0.6) is 0 Å². The molecular weight excluding hydrogens is 240 g/mol. The molecule has 0 bridgehead atoms. The molecule has 2 aromatic rings. The molecule has 102 valence electrons. The van der Waals surface area contributed by atoms with Crippen LogP contribution in [0.1, 0.15) is 37.8 Å². The fourth-order valence-corrected chi connectivity index (χ4v) is 1.70. The highest BCUT2D eigenvalue weighted by Crippen LogP contribution is 2.14. The molecule has 0 aliphatic rings. The Bertz CT molecular complexity index is 483. The molecule has 19 heavy (non-hydrogen) atoms. The van der Waals surface area contributed by atoms with Gasteiger partial charge >= 0.3 is 6.01 Å². The maximum absolute atomic E-state index is 5.57. The standard InChI is InChI=1S/C14H20N4O/c1-3-9-15-11(2)13-17-18-14(19-13)16-10-12-7-5-4-6-8-12/h4-8,11,15H,3,9-10H2,1-2H3,(H,16,18). The summed E-state index contributed by atoms with van der Waals surface area (Å²) >= 11 is 0. The van der Waals surface area contributed by atoms with Gasteiger partial charge in [-0.25, -0.2) is 0 Å². The number of hydrogen-bond acceptors (Lipinski definition) is 5. The van der Waals surface area contributed by atoms with Crippen LogP contribution in [-0.2, 0) is 6.54 Å². The van der Waals surface area contributed by atoms with E-state index in [1.807, 2.05) is 25.1 Å². The Kier molecular flexibility index (Phi) is 4.92. The molecule has 0 amide bonds. The summed E-state index contributed by atoms with van der Waals surface area (Å²) in [6.07, 6.45) is 1.08. The predicted molar refractivity (Wildman–Crippen MR) is 74.8 cm³/mol. The zero-order valence-corrected chi connectivity index (χ0v) is 11.4. The van der Waals surface area contributed by atoms with Crippen LogP contribution in [0.3, 0.4) is 0 Å². The quantitative estimate of drug-likeness (QED) is 0.801. The zero-order chi connectivity index (χ0) is 13.5. The Morgan fingerprint density at radius 1 is 1.21 bits per heavy atom. The lowest BCUT2D eigenvalue weighted by Crippen LogP contribution is -2.19. The van der Waals surface area contributed by atoms with E-state index in [1.165, 1.54) is 5.56 Å². The van der Waals surface area contributed by atoms with Crippen LogP contribution in [0.2, 0.25) is 0 Å². The van der Waals surface area contributed by atoms with Gasteiger partial charge in [-0.3, -0.25) is 0 Å². The van der Waals surface area contributed by atoms with Gasteiger partial charge in [0, 0.05) is 6.54 Å². The van der Waals surface area contributed by atoms with E-state index in [0.717, 1.165) is 13.0 Å². The molecule has 1 unspecified atom stereocenters. The normalized spacial score (nSPS) is 12.3. The van der Waals surface area contributed by atoms with Crippen LogP contribution >= 0.6 is 0 Å². The predicted octanol–water partition coefficient (Wildman–Crippen LogP) is 2.74. The van der Waals surface area contributed by atoms with Crippen LogP contribution in [-0.4, -0.2) is 16.7 Å². The van der Waals surface area contributed by atoms with E-state index in [1.54, 1.807) is 0 Å². The number of hydrogen-bond donors (Lipinski definition) is 2. The molecule has 0 spiro atoms. The third-order valence-corrected chi connectivity index (χ3v) is 2.80. The van der Waals surface area contributed by atoms with Gasteiger partial charge in [-0.15, -0.1) is 5.10 Å². The summed E-state index contributed by atoms with van der Waals surface area (Å²) in [7, 11) is 0. The molecule has 0 fully saturated rings. The van der Waals surface area contributed by atoms with Crippen LogP contribution in [0, 0.1) is 0 Å². The van der Waals surface area contributed by atoms with E-state index in [9.17, 15) is 0 Å². The molecule has 2 N–H and O–H groups in total. The summed E-state index contributed by atoms with van der Waals surface area (Å²) in [6, 6.07) is 10.7. The van der Waals surface area contributed by atoms with E-state index in [4.69, 9.17) is 4.42 Å². The fourth-order valence-electron chi connectivity index (χ4n) is 1.70. The van der Waals surface area contributed by atoms with Gasteiger partial charge < -0.3 is 15.1 Å². The van der Waals surface area contributed by atoms with Crippen molar-refractivity contribution in [3.63, 3.8) is 0 Å². The Morgan fingerprint density at radius 3 is 2.74 bits per heavy atom. The molecule has 1 aromatic heterocycles. The molecule has 0 radical (unpaired) electrons. The van der Waals surface area contributed by atoms with Crippen LogP contribution in [0.15, 0.2) is 34.7 Å². The maximum Gasteiger partial charge on any atom is 0.315 e. The summed E-state index contributed by atoms with van der Waals surface area (Å²) in [5.41, 5.74) is 1.18. The lowest BCUT2D eigenvalue weighted by molar-refractivity contribution is 0.423. The largest absolute Gasteiger partial charge is 0.406 e. The van der Waals surface area contributed by atoms with E-state index in [0.29, 0.717) is 18.5 Å². The van der Waals surface area contributed by atoms with Crippen molar-refractivity contribution < 1.29 is 4.42 Å². The average molecular weight is 260 g/mol. The minimum atomic E-state index is 0.0831. The monoisotopic (exact) mass is 260 g/mol. The number of nitrogens with one attached hydrogen (secondary N) is 2. The second kappa shape index (κ2) is 6.89. The SMILES string of the molecule is CCCNC(C)c1nnc(NCc2ccccc2)o1. The highest BCUT2D eigenvalue weighted by Gasteiger charge is 2.12. The highest BCUT2D eigenvalue weighted by atomic mass is 16.4. The Balaban J connectivity index is 1.87. The Morgan fingerprint density at radius 2 is 2.00 bits per heavy atom. The number of nitrogens with zero attached hydrogens (tertiary/aromatic N) is 2. The summed E-state index contributed by atoms with van der Waals surface area (Å²) in [4.78, 5) is 0. The lowest BCUT2D eigenvalue weighted by atomic mass is 10.2. The highest BCUT2D eigenvalue weighted by molar-refractivity contribution is 5.23. The van der Waals surface area contributed by atoms with Crippen LogP contribution in [0.4, 0.5) is 6.01 Å². The molecular formula is C14H20N4O. The second-order valence-electron chi connectivity index (χ2n) is 4.46. The molecule has 5 nitrogen and oxygen atoms in total. The first-order valence-corrected chi connectivity index (χ1v) is 6.64. The third-order valence-electron chi connectivity index (χ3n) is 2.80. The smallest absolute Gasteiger partial charge is 0.315 e. The van der Waals surface area contributed by atoms with Crippen molar-refractivity contribution in [2.24, 2.45) is 0 Å². The Hall–Kier alpha value is -1.88. The maximum atomic E-state index is 5.57. The van der Waals surface area contributed by atoms with Crippen molar-refractivity contribution in [3.8, 4) is 0 Å². The van der Waals surface area contributed by atoms with Crippen molar-refractivity contribution in [3.05, 3.63) is 41.8 Å². The van der Waals surface area contributed by atoms with Gasteiger partial charge in [0.1, 0.15) is 0 Å². The van der Waals surface area contributed by atoms with Gasteiger partial charge in [-0.2, -0.15) is 0 Å². The van der Waals surface area contributed by atoms with E-state index in [-0.39, 0.29) is 6.04 Å². The molecule has 0 aliphatic carbocycles. The molecule has 0 saturated carbocycles. The topological polar surface area (TPSA) is 63.0 Å². The van der Waals surface area contributed by atoms with E-state index in [2.05, 4.69) is 39.9 Å². The molecule has 1 heterocycles. The molecule has 0 aliphatic heterocycles. The minimum absolute atomic E-state index is 0.0831. The van der Waals surface area contributed by atoms with Gasteiger partial charge in [-0.1, -0.05) is 42.4 Å². The summed E-state index contributed by atoms with van der Waals surface area (Å²) in [5, 5.41) is 14.5. The first kappa shape index (κ1) is 13.5. The van der Waals surface area contributed by atoms with E-state index >= 15 is 0 Å². The fraction of sp³-hybridized carbons (Fsp3) is 0.429. The summed E-state index contributed by atoms with van der Waals surface area (Å²) in [6.45, 7) is 5.76. The van der Waals surface area contributed by atoms with Crippen LogP contribution in [0.25, 0.3) is 0 Å². The number of benzene rings is 1. The molecule has 5 heteroatoms. The number of anilines is 1. The van der Waals surface area contributed by atoms with Gasteiger partial charge in [0.25, 0.3) is 0 Å². The average Bonchev–Trinajstić information content (AvgIpc) is 2.92. The van der Waals surface area contributed by atoms with Crippen molar-refractivity contribution in [1.29, 1.82) is 0 Å². The Labute approximate surface area is 113 Å². The number of rotatable bonds is 7. The zero-order valence-electron chi connectivity index (χ0n) is 11.4.